The van der Waals surface area contributed by atoms with Crippen LogP contribution in [0, 0.1) is 17.6 Å². The lowest BCUT2D eigenvalue weighted by molar-refractivity contribution is 0.0673. The van der Waals surface area contributed by atoms with Gasteiger partial charge in [0.05, 0.1) is 5.75 Å². The quantitative estimate of drug-likeness (QED) is 0.854. The molecule has 0 radical (unpaired) electrons. The van der Waals surface area contributed by atoms with Crippen LogP contribution in [0.25, 0.3) is 0 Å². The van der Waals surface area contributed by atoms with E-state index in [1.807, 2.05) is 0 Å². The Morgan fingerprint density at radius 3 is 2.73 bits per heavy atom. The van der Waals surface area contributed by atoms with E-state index in [0.717, 1.165) is 12.1 Å². The van der Waals surface area contributed by atoms with Gasteiger partial charge in [0.25, 0.3) is 5.91 Å². The average molecular weight is 334 g/mol. The van der Waals surface area contributed by atoms with E-state index in [9.17, 15) is 27.1 Å². The standard InChI is InChI=1S/C13H16F2N2O4S/c14-9-3-4-10(18)12(15)11(9)13(19)17-5-1-2-8(6-17)7-22(16,20)21/h3-4,8,18H,1-2,5-7H2,(H2,16,20,21). The molecule has 122 valence electrons. The number of hydrogen-bond acceptors (Lipinski definition) is 4. The fourth-order valence-electron chi connectivity index (χ4n) is 2.61. The number of carbonyl (C=O) groups excluding carboxylic acids is 1. The molecule has 1 saturated heterocycles. The Hall–Kier alpha value is -1.74. The van der Waals surface area contributed by atoms with Crippen LogP contribution in [0.15, 0.2) is 12.1 Å². The maximum atomic E-state index is 13.8. The van der Waals surface area contributed by atoms with Crippen LogP contribution in [-0.4, -0.2) is 43.2 Å². The molecular weight excluding hydrogens is 318 g/mol. The molecular formula is C13H16F2N2O4S. The van der Waals surface area contributed by atoms with Gasteiger partial charge >= 0.3 is 0 Å². The third-order valence-corrected chi connectivity index (χ3v) is 4.49. The van der Waals surface area contributed by atoms with Crippen molar-refractivity contribution in [3.63, 3.8) is 0 Å². The van der Waals surface area contributed by atoms with Crippen LogP contribution in [0.1, 0.15) is 23.2 Å². The number of amides is 1. The van der Waals surface area contributed by atoms with E-state index in [0.29, 0.717) is 12.8 Å². The van der Waals surface area contributed by atoms with E-state index in [-0.39, 0.29) is 24.8 Å². The number of phenolic OH excluding ortho intramolecular Hbond substituents is 1. The summed E-state index contributed by atoms with van der Waals surface area (Å²) in [5.74, 6) is -4.79. The highest BCUT2D eigenvalue weighted by Gasteiger charge is 2.30. The van der Waals surface area contributed by atoms with Crippen molar-refractivity contribution in [1.29, 1.82) is 0 Å². The van der Waals surface area contributed by atoms with Gasteiger partial charge in [0.1, 0.15) is 11.4 Å². The largest absolute Gasteiger partial charge is 0.505 e. The number of nitrogens with two attached hydrogens (primary N) is 1. The minimum atomic E-state index is -3.69. The fourth-order valence-corrected chi connectivity index (χ4v) is 3.54. The molecule has 1 atom stereocenters. The van der Waals surface area contributed by atoms with Crippen LogP contribution in [0.4, 0.5) is 8.78 Å². The van der Waals surface area contributed by atoms with Gasteiger partial charge in [-0.3, -0.25) is 4.79 Å². The summed E-state index contributed by atoms with van der Waals surface area (Å²) in [7, 11) is -3.69. The molecule has 22 heavy (non-hydrogen) atoms. The zero-order valence-electron chi connectivity index (χ0n) is 11.6. The highest BCUT2D eigenvalue weighted by Crippen LogP contribution is 2.25. The topological polar surface area (TPSA) is 101 Å². The molecule has 0 bridgehead atoms. The lowest BCUT2D eigenvalue weighted by Crippen LogP contribution is -2.43. The number of benzene rings is 1. The number of sulfonamides is 1. The minimum Gasteiger partial charge on any atom is -0.505 e. The maximum absolute atomic E-state index is 13.8. The van der Waals surface area contributed by atoms with Gasteiger partial charge in [0, 0.05) is 13.1 Å². The van der Waals surface area contributed by atoms with Gasteiger partial charge < -0.3 is 10.0 Å². The first-order valence-corrected chi connectivity index (χ1v) is 8.37. The predicted octanol–water partition coefficient (Wildman–Crippen LogP) is 0.811. The Labute approximate surface area is 126 Å². The van der Waals surface area contributed by atoms with Gasteiger partial charge in [0.2, 0.25) is 10.0 Å². The summed E-state index contributed by atoms with van der Waals surface area (Å²) in [5.41, 5.74) is -0.837. The summed E-state index contributed by atoms with van der Waals surface area (Å²) < 4.78 is 49.7. The summed E-state index contributed by atoms with van der Waals surface area (Å²) in [4.78, 5) is 13.4. The number of likely N-dealkylation sites (tertiary alicyclic amines) is 1. The molecule has 1 aromatic rings. The van der Waals surface area contributed by atoms with Gasteiger partial charge in [-0.2, -0.15) is 0 Å². The second-order valence-corrected chi connectivity index (χ2v) is 7.00. The second-order valence-electron chi connectivity index (χ2n) is 5.34. The van der Waals surface area contributed by atoms with Gasteiger partial charge in [-0.25, -0.2) is 22.3 Å². The number of hydrogen-bond donors (Lipinski definition) is 2. The maximum Gasteiger partial charge on any atom is 0.259 e. The normalized spacial score (nSPS) is 19.2. The Balaban J connectivity index is 2.21. The molecule has 6 nitrogen and oxygen atoms in total. The Morgan fingerprint density at radius 2 is 2.09 bits per heavy atom. The van der Waals surface area contributed by atoms with Crippen molar-refractivity contribution >= 4 is 15.9 Å². The van der Waals surface area contributed by atoms with E-state index < -0.39 is 38.9 Å². The monoisotopic (exact) mass is 334 g/mol. The van der Waals surface area contributed by atoms with Gasteiger partial charge in [-0.1, -0.05) is 0 Å². The first-order chi connectivity index (χ1) is 10.2. The third-order valence-electron chi connectivity index (χ3n) is 3.56. The number of rotatable bonds is 3. The smallest absolute Gasteiger partial charge is 0.259 e. The van der Waals surface area contributed by atoms with Crippen LogP contribution in [0.3, 0.4) is 0 Å². The molecule has 2 rings (SSSR count). The van der Waals surface area contributed by atoms with Crippen LogP contribution < -0.4 is 5.14 Å². The number of nitrogens with zero attached hydrogens (tertiary/aromatic N) is 1. The first kappa shape index (κ1) is 16.6. The van der Waals surface area contributed by atoms with Crippen molar-refractivity contribution in [1.82, 2.24) is 4.90 Å². The first-order valence-electron chi connectivity index (χ1n) is 6.65. The molecule has 0 saturated carbocycles. The van der Waals surface area contributed by atoms with Crippen molar-refractivity contribution in [3.8, 4) is 5.75 Å². The molecule has 1 heterocycles. The molecule has 1 amide bonds. The van der Waals surface area contributed by atoms with Crippen LogP contribution >= 0.6 is 0 Å². The van der Waals surface area contributed by atoms with Gasteiger partial charge in [-0.15, -0.1) is 0 Å². The zero-order chi connectivity index (χ0) is 16.5. The van der Waals surface area contributed by atoms with Crippen molar-refractivity contribution < 1.29 is 27.1 Å². The molecule has 0 aliphatic carbocycles. The van der Waals surface area contributed by atoms with Gasteiger partial charge in [0.15, 0.2) is 11.6 Å². The molecule has 1 fully saturated rings. The lowest BCUT2D eigenvalue weighted by Gasteiger charge is -2.32. The summed E-state index contributed by atoms with van der Waals surface area (Å²) in [6.45, 7) is 0.304. The number of phenols is 1. The summed E-state index contributed by atoms with van der Waals surface area (Å²) in [6, 6.07) is 1.62. The molecule has 3 N–H and O–H groups in total. The van der Waals surface area contributed by atoms with E-state index in [1.54, 1.807) is 0 Å². The minimum absolute atomic E-state index is 0.0454. The zero-order valence-corrected chi connectivity index (χ0v) is 12.4. The number of primary sulfonamides is 1. The highest BCUT2D eigenvalue weighted by atomic mass is 32.2. The average Bonchev–Trinajstić information content (AvgIpc) is 2.41. The summed E-state index contributed by atoms with van der Waals surface area (Å²) in [6.07, 6.45) is 1.07. The molecule has 1 aliphatic heterocycles. The van der Waals surface area contributed by atoms with E-state index in [4.69, 9.17) is 5.14 Å². The molecule has 9 heteroatoms. The predicted molar refractivity (Wildman–Crippen MR) is 74.6 cm³/mol. The third kappa shape index (κ3) is 3.72. The Bertz CT molecular complexity index is 694. The fraction of sp³-hybridized carbons (Fsp3) is 0.462. The van der Waals surface area contributed by atoms with E-state index in [2.05, 4.69) is 0 Å². The highest BCUT2D eigenvalue weighted by molar-refractivity contribution is 7.89. The SMILES string of the molecule is NS(=O)(=O)CC1CCCN(C(=O)c2c(F)ccc(O)c2F)C1. The van der Waals surface area contributed by atoms with E-state index in [1.165, 1.54) is 4.90 Å². The van der Waals surface area contributed by atoms with Crippen LogP contribution in [-0.2, 0) is 10.0 Å². The molecule has 0 spiro atoms. The number of halogens is 2. The number of carbonyl (C=O) groups is 1. The second kappa shape index (κ2) is 6.17. The van der Waals surface area contributed by atoms with Gasteiger partial charge in [-0.05, 0) is 30.9 Å². The van der Waals surface area contributed by atoms with Crippen molar-refractivity contribution in [2.45, 2.75) is 12.8 Å². The molecule has 0 aromatic heterocycles. The summed E-state index contributed by atoms with van der Waals surface area (Å²) >= 11 is 0. The van der Waals surface area contributed by atoms with E-state index >= 15 is 0 Å². The molecule has 1 unspecified atom stereocenters. The molecule has 1 aromatic carbocycles. The Morgan fingerprint density at radius 1 is 1.41 bits per heavy atom. The summed E-state index contributed by atoms with van der Waals surface area (Å²) in [5, 5.41) is 14.3. The lowest BCUT2D eigenvalue weighted by atomic mass is 9.99. The molecule has 1 aliphatic rings. The van der Waals surface area contributed by atoms with Crippen LogP contribution in [0.2, 0.25) is 0 Å². The number of piperidine rings is 1. The van der Waals surface area contributed by atoms with Crippen LogP contribution in [0.5, 0.6) is 5.75 Å². The number of aromatic hydroxyl groups is 1. The Kier molecular flexibility index (Phi) is 4.66. The van der Waals surface area contributed by atoms with Crippen molar-refractivity contribution in [2.24, 2.45) is 11.1 Å². The van der Waals surface area contributed by atoms with Crippen molar-refractivity contribution in [2.75, 3.05) is 18.8 Å². The van der Waals surface area contributed by atoms with Crippen molar-refractivity contribution in [3.05, 3.63) is 29.3 Å².